The van der Waals surface area contributed by atoms with Crippen LogP contribution >= 0.6 is 0 Å². The minimum Gasteiger partial charge on any atom is -0.465 e. The average Bonchev–Trinajstić information content (AvgIpc) is 2.96. The van der Waals surface area contributed by atoms with Crippen molar-refractivity contribution in [3.63, 3.8) is 0 Å². The number of fused-ring (bicyclic) bond motifs is 1. The minimum absolute atomic E-state index is 0.395. The van der Waals surface area contributed by atoms with Gasteiger partial charge in [0.1, 0.15) is 0 Å². The van der Waals surface area contributed by atoms with Crippen LogP contribution in [0.2, 0.25) is 0 Å². The summed E-state index contributed by atoms with van der Waals surface area (Å²) in [6, 6.07) is 11.1. The molecule has 2 aromatic heterocycles. The van der Waals surface area contributed by atoms with Gasteiger partial charge in [-0.25, -0.2) is 14.3 Å². The number of hydrogen-bond acceptors (Lipinski definition) is 3. The van der Waals surface area contributed by atoms with E-state index in [2.05, 4.69) is 10.1 Å². The zero-order valence-electron chi connectivity index (χ0n) is 11.5. The molecule has 3 aromatic rings. The van der Waals surface area contributed by atoms with Gasteiger partial charge in [0.2, 0.25) is 0 Å². The molecule has 6 nitrogen and oxygen atoms in total. The number of rotatable bonds is 3. The van der Waals surface area contributed by atoms with Crippen molar-refractivity contribution >= 4 is 17.4 Å². The van der Waals surface area contributed by atoms with Crippen molar-refractivity contribution in [2.45, 2.75) is 6.92 Å². The van der Waals surface area contributed by atoms with Crippen molar-refractivity contribution < 1.29 is 9.90 Å². The Morgan fingerprint density at radius 3 is 2.90 bits per heavy atom. The molecule has 0 aliphatic heterocycles. The van der Waals surface area contributed by atoms with Crippen LogP contribution in [-0.4, -0.2) is 32.3 Å². The molecule has 0 bridgehead atoms. The van der Waals surface area contributed by atoms with Crippen LogP contribution in [0.4, 0.5) is 10.5 Å². The molecule has 0 fully saturated rings. The van der Waals surface area contributed by atoms with Gasteiger partial charge in [0.25, 0.3) is 0 Å². The van der Waals surface area contributed by atoms with E-state index in [-0.39, 0.29) is 0 Å². The highest BCUT2D eigenvalue weighted by Gasteiger charge is 2.13. The zero-order valence-corrected chi connectivity index (χ0v) is 11.5. The third kappa shape index (κ3) is 2.31. The maximum Gasteiger partial charge on any atom is 0.411 e. The molecule has 1 amide bonds. The SMILES string of the molecule is CCN(C(=O)O)c1cccc(-c2ccnc3ccnn23)c1. The van der Waals surface area contributed by atoms with Crippen molar-refractivity contribution in [2.24, 2.45) is 0 Å². The van der Waals surface area contributed by atoms with Crippen LogP contribution < -0.4 is 4.90 Å². The first-order valence-corrected chi connectivity index (χ1v) is 6.60. The number of carbonyl (C=O) groups is 1. The molecular formula is C15H14N4O2. The first-order chi connectivity index (χ1) is 10.2. The van der Waals surface area contributed by atoms with Crippen LogP contribution in [0.15, 0.2) is 48.8 Å². The molecule has 6 heteroatoms. The molecule has 0 atom stereocenters. The van der Waals surface area contributed by atoms with Crippen molar-refractivity contribution in [3.05, 3.63) is 48.8 Å². The lowest BCUT2D eigenvalue weighted by Gasteiger charge is -2.18. The summed E-state index contributed by atoms with van der Waals surface area (Å²) in [5, 5.41) is 13.5. The van der Waals surface area contributed by atoms with Gasteiger partial charge in [0, 0.05) is 30.1 Å². The Morgan fingerprint density at radius 2 is 2.14 bits per heavy atom. The van der Waals surface area contributed by atoms with Crippen molar-refractivity contribution in [1.29, 1.82) is 0 Å². The van der Waals surface area contributed by atoms with Crippen molar-refractivity contribution in [1.82, 2.24) is 14.6 Å². The number of aromatic nitrogens is 3. The van der Waals surface area contributed by atoms with E-state index in [9.17, 15) is 9.90 Å². The Bertz CT molecular complexity index is 797. The number of hydrogen-bond donors (Lipinski definition) is 1. The molecule has 0 radical (unpaired) electrons. The van der Waals surface area contributed by atoms with Gasteiger partial charge in [-0.1, -0.05) is 12.1 Å². The summed E-state index contributed by atoms with van der Waals surface area (Å²) in [6.45, 7) is 2.20. The fraction of sp³-hybridized carbons (Fsp3) is 0.133. The van der Waals surface area contributed by atoms with E-state index in [4.69, 9.17) is 0 Å². The van der Waals surface area contributed by atoms with Crippen LogP contribution in [0.5, 0.6) is 0 Å². The Hall–Kier alpha value is -2.89. The maximum atomic E-state index is 11.2. The highest BCUT2D eigenvalue weighted by atomic mass is 16.4. The van der Waals surface area contributed by atoms with Crippen LogP contribution in [-0.2, 0) is 0 Å². The van der Waals surface area contributed by atoms with E-state index in [1.54, 1.807) is 29.9 Å². The lowest BCUT2D eigenvalue weighted by Crippen LogP contribution is -2.28. The molecular weight excluding hydrogens is 268 g/mol. The van der Waals surface area contributed by atoms with E-state index in [1.807, 2.05) is 30.3 Å². The van der Waals surface area contributed by atoms with Gasteiger partial charge in [-0.15, -0.1) is 0 Å². The van der Waals surface area contributed by atoms with Crippen LogP contribution in [0.25, 0.3) is 16.9 Å². The lowest BCUT2D eigenvalue weighted by atomic mass is 10.1. The minimum atomic E-state index is -0.964. The Kier molecular flexibility index (Phi) is 3.27. The Morgan fingerprint density at radius 1 is 1.29 bits per heavy atom. The molecule has 106 valence electrons. The van der Waals surface area contributed by atoms with Gasteiger partial charge in [0.05, 0.1) is 11.9 Å². The molecule has 1 N–H and O–H groups in total. The standard InChI is InChI=1S/C15H14N4O2/c1-2-18(15(20)21)12-5-3-4-11(10-12)13-6-8-16-14-7-9-17-19(13)14/h3-10H,2H2,1H3,(H,20,21). The van der Waals surface area contributed by atoms with Gasteiger partial charge < -0.3 is 5.11 Å². The third-order valence-electron chi connectivity index (χ3n) is 3.29. The normalized spacial score (nSPS) is 10.7. The van der Waals surface area contributed by atoms with Crippen molar-refractivity contribution in [3.8, 4) is 11.3 Å². The average molecular weight is 282 g/mol. The van der Waals surface area contributed by atoms with E-state index >= 15 is 0 Å². The van der Waals surface area contributed by atoms with Gasteiger partial charge in [-0.05, 0) is 25.1 Å². The second-order valence-corrected chi connectivity index (χ2v) is 4.51. The van der Waals surface area contributed by atoms with E-state index in [0.29, 0.717) is 12.2 Å². The Labute approximate surface area is 121 Å². The summed E-state index contributed by atoms with van der Waals surface area (Å²) in [5.41, 5.74) is 3.15. The van der Waals surface area contributed by atoms with E-state index < -0.39 is 6.09 Å². The van der Waals surface area contributed by atoms with Crippen LogP contribution in [0, 0.1) is 0 Å². The molecule has 21 heavy (non-hydrogen) atoms. The molecule has 0 saturated carbocycles. The fourth-order valence-corrected chi connectivity index (χ4v) is 2.31. The first kappa shape index (κ1) is 13.1. The summed E-state index contributed by atoms with van der Waals surface area (Å²) >= 11 is 0. The number of nitrogens with zero attached hydrogens (tertiary/aromatic N) is 4. The fourth-order valence-electron chi connectivity index (χ4n) is 2.31. The van der Waals surface area contributed by atoms with Crippen LogP contribution in [0.1, 0.15) is 6.92 Å². The molecule has 0 aliphatic rings. The summed E-state index contributed by atoms with van der Waals surface area (Å²) in [5.74, 6) is 0. The molecule has 2 heterocycles. The zero-order chi connectivity index (χ0) is 14.8. The van der Waals surface area contributed by atoms with E-state index in [1.165, 1.54) is 4.90 Å². The molecule has 0 unspecified atom stereocenters. The summed E-state index contributed by atoms with van der Waals surface area (Å²) in [7, 11) is 0. The molecule has 1 aromatic carbocycles. The van der Waals surface area contributed by atoms with Gasteiger partial charge in [0.15, 0.2) is 5.65 Å². The summed E-state index contributed by atoms with van der Waals surface area (Å²) in [6.07, 6.45) is 2.44. The predicted molar refractivity (Wildman–Crippen MR) is 79.5 cm³/mol. The number of amides is 1. The van der Waals surface area contributed by atoms with Gasteiger partial charge in [-0.2, -0.15) is 5.10 Å². The second kappa shape index (κ2) is 5.24. The number of benzene rings is 1. The van der Waals surface area contributed by atoms with E-state index in [0.717, 1.165) is 16.9 Å². The summed E-state index contributed by atoms with van der Waals surface area (Å²) in [4.78, 5) is 16.8. The van der Waals surface area contributed by atoms with Gasteiger partial charge >= 0.3 is 6.09 Å². The van der Waals surface area contributed by atoms with Crippen molar-refractivity contribution in [2.75, 3.05) is 11.4 Å². The monoisotopic (exact) mass is 282 g/mol. The molecule has 0 aliphatic carbocycles. The maximum absolute atomic E-state index is 11.2. The van der Waals surface area contributed by atoms with Crippen LogP contribution in [0.3, 0.4) is 0 Å². The quantitative estimate of drug-likeness (QED) is 0.801. The highest BCUT2D eigenvalue weighted by molar-refractivity contribution is 5.87. The van der Waals surface area contributed by atoms with Gasteiger partial charge in [-0.3, -0.25) is 4.90 Å². The molecule has 3 rings (SSSR count). The highest BCUT2D eigenvalue weighted by Crippen LogP contribution is 2.24. The molecule has 0 spiro atoms. The number of carboxylic acid groups (broad SMARTS) is 1. The smallest absolute Gasteiger partial charge is 0.411 e. The number of anilines is 1. The summed E-state index contributed by atoms with van der Waals surface area (Å²) < 4.78 is 1.73. The second-order valence-electron chi connectivity index (χ2n) is 4.51. The Balaban J connectivity index is 2.11. The third-order valence-corrected chi connectivity index (χ3v) is 3.29. The topological polar surface area (TPSA) is 70.7 Å². The lowest BCUT2D eigenvalue weighted by molar-refractivity contribution is 0.202. The molecule has 0 saturated heterocycles. The predicted octanol–water partition coefficient (Wildman–Crippen LogP) is 2.90. The largest absolute Gasteiger partial charge is 0.465 e. The first-order valence-electron chi connectivity index (χ1n) is 6.60.